The highest BCUT2D eigenvalue weighted by molar-refractivity contribution is 7.89. The Kier molecular flexibility index (Phi) is 6.18. The molecular formula is C28H26N4O4S. The van der Waals surface area contributed by atoms with Gasteiger partial charge >= 0.3 is 0 Å². The van der Waals surface area contributed by atoms with Crippen molar-refractivity contribution in [2.75, 3.05) is 12.4 Å². The first-order valence-corrected chi connectivity index (χ1v) is 13.3. The van der Waals surface area contributed by atoms with Gasteiger partial charge in [0.25, 0.3) is 5.91 Å². The number of nitrogens with one attached hydrogen (secondary N) is 1. The van der Waals surface area contributed by atoms with Crippen molar-refractivity contribution < 1.29 is 17.9 Å². The highest BCUT2D eigenvalue weighted by Crippen LogP contribution is 2.31. The van der Waals surface area contributed by atoms with Gasteiger partial charge in [-0.1, -0.05) is 24.3 Å². The topological polar surface area (TPSA) is 116 Å². The van der Waals surface area contributed by atoms with E-state index in [2.05, 4.69) is 5.32 Å². The SMILES string of the molecule is CCn1cc(S(N)(=O)=O)c2cc(NC(=O)c3cc(-c4ccccc4C)nc4ccc(OC)cc34)ccc21. The van der Waals surface area contributed by atoms with E-state index in [1.54, 1.807) is 48.1 Å². The Morgan fingerprint density at radius 2 is 1.84 bits per heavy atom. The molecule has 0 aliphatic heterocycles. The minimum Gasteiger partial charge on any atom is -0.497 e. The molecule has 0 aliphatic rings. The largest absolute Gasteiger partial charge is 0.497 e. The number of rotatable bonds is 6. The van der Waals surface area contributed by atoms with Gasteiger partial charge in [-0.25, -0.2) is 18.5 Å². The molecule has 37 heavy (non-hydrogen) atoms. The number of carbonyl (C=O) groups is 1. The molecule has 3 N–H and O–H groups in total. The molecule has 0 fully saturated rings. The van der Waals surface area contributed by atoms with Crippen LogP contribution in [0.15, 0.2) is 77.8 Å². The highest BCUT2D eigenvalue weighted by atomic mass is 32.2. The average molecular weight is 515 g/mol. The van der Waals surface area contributed by atoms with E-state index in [1.165, 1.54) is 6.20 Å². The van der Waals surface area contributed by atoms with E-state index in [4.69, 9.17) is 14.9 Å². The Morgan fingerprint density at radius 1 is 1.05 bits per heavy atom. The number of amides is 1. The number of nitrogens with zero attached hydrogens (tertiary/aromatic N) is 2. The van der Waals surface area contributed by atoms with Crippen molar-refractivity contribution in [3.05, 3.63) is 84.1 Å². The predicted octanol–water partition coefficient (Wildman–Crippen LogP) is 5.09. The summed E-state index contributed by atoms with van der Waals surface area (Å²) >= 11 is 0. The minimum atomic E-state index is -3.95. The molecule has 0 aliphatic carbocycles. The number of fused-ring (bicyclic) bond motifs is 2. The first-order valence-electron chi connectivity index (χ1n) is 11.7. The fourth-order valence-corrected chi connectivity index (χ4v) is 5.29. The van der Waals surface area contributed by atoms with Crippen LogP contribution in [0.1, 0.15) is 22.8 Å². The van der Waals surface area contributed by atoms with Crippen molar-refractivity contribution in [1.82, 2.24) is 9.55 Å². The zero-order valence-electron chi connectivity index (χ0n) is 20.6. The maximum absolute atomic E-state index is 13.6. The highest BCUT2D eigenvalue weighted by Gasteiger charge is 2.19. The summed E-state index contributed by atoms with van der Waals surface area (Å²) in [5.74, 6) is 0.244. The second kappa shape index (κ2) is 9.34. The molecule has 0 radical (unpaired) electrons. The molecule has 2 heterocycles. The lowest BCUT2D eigenvalue weighted by Crippen LogP contribution is -2.14. The number of sulfonamides is 1. The zero-order chi connectivity index (χ0) is 26.3. The summed E-state index contributed by atoms with van der Waals surface area (Å²) in [5.41, 5.74) is 4.86. The number of aromatic nitrogens is 2. The summed E-state index contributed by atoms with van der Waals surface area (Å²) in [6, 6.07) is 20.2. The Morgan fingerprint density at radius 3 is 2.54 bits per heavy atom. The third kappa shape index (κ3) is 4.54. The number of hydrogen-bond donors (Lipinski definition) is 2. The van der Waals surface area contributed by atoms with Gasteiger partial charge in [0.15, 0.2) is 0 Å². The van der Waals surface area contributed by atoms with Gasteiger partial charge in [0.2, 0.25) is 10.0 Å². The molecular weight excluding hydrogens is 488 g/mol. The van der Waals surface area contributed by atoms with Crippen LogP contribution in [-0.2, 0) is 16.6 Å². The summed E-state index contributed by atoms with van der Waals surface area (Å²) in [6.07, 6.45) is 1.52. The first-order chi connectivity index (χ1) is 17.7. The van der Waals surface area contributed by atoms with Crippen LogP contribution in [0.2, 0.25) is 0 Å². The van der Waals surface area contributed by atoms with Crippen LogP contribution in [0.3, 0.4) is 0 Å². The second-order valence-corrected chi connectivity index (χ2v) is 10.3. The fourth-order valence-electron chi connectivity index (χ4n) is 4.55. The summed E-state index contributed by atoms with van der Waals surface area (Å²) in [4.78, 5) is 18.5. The van der Waals surface area contributed by atoms with Gasteiger partial charge < -0.3 is 14.6 Å². The van der Waals surface area contributed by atoms with Gasteiger partial charge in [0.05, 0.1) is 23.9 Å². The second-order valence-electron chi connectivity index (χ2n) is 8.76. The normalized spacial score (nSPS) is 11.7. The van der Waals surface area contributed by atoms with E-state index in [0.29, 0.717) is 51.0 Å². The summed E-state index contributed by atoms with van der Waals surface area (Å²) in [6.45, 7) is 4.48. The Hall–Kier alpha value is -4.21. The molecule has 5 rings (SSSR count). The molecule has 0 atom stereocenters. The third-order valence-electron chi connectivity index (χ3n) is 6.43. The lowest BCUT2D eigenvalue weighted by Gasteiger charge is -2.13. The van der Waals surface area contributed by atoms with Gasteiger partial charge in [-0.15, -0.1) is 0 Å². The average Bonchev–Trinajstić information content (AvgIpc) is 3.26. The van der Waals surface area contributed by atoms with Crippen molar-refractivity contribution in [3.8, 4) is 17.0 Å². The van der Waals surface area contributed by atoms with Crippen LogP contribution in [0.25, 0.3) is 33.1 Å². The van der Waals surface area contributed by atoms with Crippen molar-refractivity contribution in [2.45, 2.75) is 25.3 Å². The van der Waals surface area contributed by atoms with E-state index >= 15 is 0 Å². The Bertz CT molecular complexity index is 1790. The van der Waals surface area contributed by atoms with Crippen LogP contribution in [0, 0.1) is 6.92 Å². The molecule has 1 amide bonds. The molecule has 188 valence electrons. The van der Waals surface area contributed by atoms with Crippen LogP contribution in [0.5, 0.6) is 5.75 Å². The number of primary sulfonamides is 1. The molecule has 8 nitrogen and oxygen atoms in total. The predicted molar refractivity (Wildman–Crippen MR) is 145 cm³/mol. The number of methoxy groups -OCH3 is 1. The molecule has 3 aromatic carbocycles. The van der Waals surface area contributed by atoms with E-state index in [0.717, 1.165) is 11.1 Å². The number of nitrogens with two attached hydrogens (primary N) is 1. The lowest BCUT2D eigenvalue weighted by molar-refractivity contribution is 0.102. The van der Waals surface area contributed by atoms with Crippen molar-refractivity contribution in [2.24, 2.45) is 5.14 Å². The fraction of sp³-hybridized carbons (Fsp3) is 0.143. The number of pyridine rings is 1. The Balaban J connectivity index is 1.63. The van der Waals surface area contributed by atoms with Gasteiger partial charge in [-0.3, -0.25) is 4.79 Å². The molecule has 9 heteroatoms. The van der Waals surface area contributed by atoms with E-state index in [-0.39, 0.29) is 10.8 Å². The van der Waals surface area contributed by atoms with Gasteiger partial charge in [0, 0.05) is 40.3 Å². The molecule has 2 aromatic heterocycles. The van der Waals surface area contributed by atoms with Crippen molar-refractivity contribution >= 4 is 43.4 Å². The monoisotopic (exact) mass is 514 g/mol. The number of anilines is 1. The van der Waals surface area contributed by atoms with Crippen molar-refractivity contribution in [3.63, 3.8) is 0 Å². The molecule has 0 saturated heterocycles. The van der Waals surface area contributed by atoms with E-state index in [1.807, 2.05) is 44.2 Å². The van der Waals surface area contributed by atoms with E-state index in [9.17, 15) is 13.2 Å². The first kappa shape index (κ1) is 24.5. The minimum absolute atomic E-state index is 0.0152. The van der Waals surface area contributed by atoms with Crippen molar-refractivity contribution in [1.29, 1.82) is 0 Å². The van der Waals surface area contributed by atoms with Crippen LogP contribution in [-0.4, -0.2) is 31.0 Å². The number of carbonyl (C=O) groups excluding carboxylic acids is 1. The molecule has 0 bridgehead atoms. The molecule has 0 spiro atoms. The quantitative estimate of drug-likeness (QED) is 0.327. The van der Waals surface area contributed by atoms with Crippen LogP contribution >= 0.6 is 0 Å². The van der Waals surface area contributed by atoms with Crippen LogP contribution < -0.4 is 15.2 Å². The number of benzene rings is 3. The molecule has 0 unspecified atom stereocenters. The summed E-state index contributed by atoms with van der Waals surface area (Å²) in [5, 5.41) is 9.47. The maximum atomic E-state index is 13.6. The summed E-state index contributed by atoms with van der Waals surface area (Å²) < 4.78 is 31.6. The smallest absolute Gasteiger partial charge is 0.256 e. The zero-order valence-corrected chi connectivity index (χ0v) is 21.5. The Labute approximate surface area is 214 Å². The van der Waals surface area contributed by atoms with Gasteiger partial charge in [-0.05, 0) is 61.9 Å². The maximum Gasteiger partial charge on any atom is 0.256 e. The lowest BCUT2D eigenvalue weighted by atomic mass is 10.0. The summed E-state index contributed by atoms with van der Waals surface area (Å²) in [7, 11) is -2.38. The van der Waals surface area contributed by atoms with E-state index < -0.39 is 10.0 Å². The molecule has 0 saturated carbocycles. The standard InChI is InChI=1S/C28H26N4O4S/c1-4-32-16-27(37(29,34)35)23-13-18(9-12-26(23)32)30-28(33)22-15-25(20-8-6-5-7-17(20)2)31-24-11-10-19(36-3)14-21(22)24/h5-16H,4H2,1-3H3,(H,30,33)(H2,29,34,35). The van der Waals surface area contributed by atoms with Gasteiger partial charge in [0.1, 0.15) is 10.6 Å². The van der Waals surface area contributed by atoms with Crippen LogP contribution in [0.4, 0.5) is 5.69 Å². The number of ether oxygens (including phenoxy) is 1. The van der Waals surface area contributed by atoms with Gasteiger partial charge in [-0.2, -0.15) is 0 Å². The number of hydrogen-bond acceptors (Lipinski definition) is 5. The molecule has 5 aromatic rings. The third-order valence-corrected chi connectivity index (χ3v) is 7.37. The number of aryl methyl sites for hydroxylation is 2.